The van der Waals surface area contributed by atoms with E-state index in [0.29, 0.717) is 59.1 Å². The highest BCUT2D eigenvalue weighted by Crippen LogP contribution is 2.53. The summed E-state index contributed by atoms with van der Waals surface area (Å²) in [5.41, 5.74) is 8.41. The second kappa shape index (κ2) is 6.99. The number of halogens is 2. The van der Waals surface area contributed by atoms with Gasteiger partial charge in [0.1, 0.15) is 23.1 Å². The largest absolute Gasteiger partial charge is 0.490 e. The molecule has 1 amide bonds. The Kier molecular flexibility index (Phi) is 4.26. The fourth-order valence-corrected chi connectivity index (χ4v) is 5.63. The molecule has 1 atom stereocenters. The minimum Gasteiger partial charge on any atom is -0.490 e. The summed E-state index contributed by atoms with van der Waals surface area (Å²) in [5.74, 6) is 0.546. The van der Waals surface area contributed by atoms with Crippen LogP contribution >= 0.6 is 15.9 Å². The highest BCUT2D eigenvalue weighted by Gasteiger charge is 2.54. The highest BCUT2D eigenvalue weighted by atomic mass is 79.9. The first-order valence-corrected chi connectivity index (χ1v) is 11.4. The van der Waals surface area contributed by atoms with Crippen LogP contribution in [0.2, 0.25) is 0 Å². The lowest BCUT2D eigenvalue weighted by Crippen LogP contribution is -2.45. The summed E-state index contributed by atoms with van der Waals surface area (Å²) in [7, 11) is 0. The topological polar surface area (TPSA) is 101 Å². The Hall–Kier alpha value is -3.51. The van der Waals surface area contributed by atoms with E-state index in [9.17, 15) is 14.4 Å². The van der Waals surface area contributed by atoms with Crippen LogP contribution in [0.3, 0.4) is 0 Å². The number of anilines is 1. The molecule has 7 nitrogen and oxygen atoms in total. The molecule has 0 unspecified atom stereocenters. The zero-order chi connectivity index (χ0) is 22.9. The van der Waals surface area contributed by atoms with Crippen LogP contribution in [0.25, 0.3) is 5.70 Å². The van der Waals surface area contributed by atoms with Gasteiger partial charge in [0, 0.05) is 34.3 Å². The Balaban J connectivity index is 1.62. The van der Waals surface area contributed by atoms with Crippen LogP contribution in [-0.4, -0.2) is 30.6 Å². The van der Waals surface area contributed by atoms with E-state index >= 15 is 0 Å². The van der Waals surface area contributed by atoms with Crippen LogP contribution in [0.5, 0.6) is 11.5 Å². The van der Waals surface area contributed by atoms with Gasteiger partial charge in [0.25, 0.3) is 0 Å². The molecule has 4 heterocycles. The predicted molar refractivity (Wildman–Crippen MR) is 122 cm³/mol. The van der Waals surface area contributed by atoms with Gasteiger partial charge in [-0.1, -0.05) is 0 Å². The molecule has 0 radical (unpaired) electrons. The third-order valence-electron chi connectivity index (χ3n) is 6.63. The Morgan fingerprint density at radius 2 is 1.97 bits per heavy atom. The molecule has 2 aromatic rings. The van der Waals surface area contributed by atoms with Crippen molar-refractivity contribution in [3.8, 4) is 17.6 Å². The van der Waals surface area contributed by atoms with Crippen molar-refractivity contribution >= 4 is 33.2 Å². The molecule has 0 saturated carbocycles. The summed E-state index contributed by atoms with van der Waals surface area (Å²) in [5, 5.41) is 12.9. The number of hydrogen-bond acceptors (Lipinski definition) is 6. The number of hydrogen-bond donors (Lipinski definition) is 2. The molecule has 4 aliphatic rings. The van der Waals surface area contributed by atoms with E-state index in [1.165, 1.54) is 12.1 Å². The maximum Gasteiger partial charge on any atom is 0.244 e. The third kappa shape index (κ3) is 2.67. The second-order valence-corrected chi connectivity index (χ2v) is 9.24. The number of nitrogens with one attached hydrogen (secondary N) is 1. The molecule has 0 aromatic heterocycles. The van der Waals surface area contributed by atoms with Crippen molar-refractivity contribution in [2.75, 3.05) is 25.1 Å². The van der Waals surface area contributed by atoms with Crippen LogP contribution in [0.4, 0.5) is 10.1 Å². The van der Waals surface area contributed by atoms with E-state index in [4.69, 9.17) is 15.2 Å². The van der Waals surface area contributed by atoms with Gasteiger partial charge in [-0.3, -0.25) is 4.79 Å². The molecule has 0 aliphatic carbocycles. The maximum atomic E-state index is 14.5. The summed E-state index contributed by atoms with van der Waals surface area (Å²) in [6, 6.07) is 8.58. The average molecular weight is 509 g/mol. The lowest BCUT2D eigenvalue weighted by atomic mass is 9.71. The highest BCUT2D eigenvalue weighted by molar-refractivity contribution is 9.10. The number of ether oxygens (including phenoxy) is 2. The Labute approximate surface area is 197 Å². The molecule has 0 fully saturated rings. The molecular weight excluding hydrogens is 491 g/mol. The molecule has 1 spiro atoms. The summed E-state index contributed by atoms with van der Waals surface area (Å²) < 4.78 is 26.6. The van der Waals surface area contributed by atoms with Gasteiger partial charge in [0.15, 0.2) is 11.5 Å². The van der Waals surface area contributed by atoms with Crippen LogP contribution in [-0.2, 0) is 16.6 Å². The minimum atomic E-state index is -1.54. The van der Waals surface area contributed by atoms with Crippen molar-refractivity contribution in [1.29, 1.82) is 5.26 Å². The summed E-state index contributed by atoms with van der Waals surface area (Å²) in [4.78, 5) is 15.3. The number of nitrogens with zero attached hydrogens (tertiary/aromatic N) is 2. The van der Waals surface area contributed by atoms with Gasteiger partial charge < -0.3 is 25.4 Å². The standard InChI is InChI=1S/C24H18BrFN4O3/c25-17-8-13(26)7-15-21(17)29-23(31)24(15)10-18-14-9-20-19(32-4-1-5-33-20)6-12(14)2-3-30(18)22(28)16(24)11-27/h6-10H,1-5,28H2,(H,29,31)/t24-/m0/s1. The van der Waals surface area contributed by atoms with E-state index in [1.54, 1.807) is 6.08 Å². The van der Waals surface area contributed by atoms with E-state index in [2.05, 4.69) is 27.3 Å². The molecule has 9 heteroatoms. The average Bonchev–Trinajstić information content (AvgIpc) is 2.93. The van der Waals surface area contributed by atoms with Crippen molar-refractivity contribution in [2.24, 2.45) is 5.73 Å². The van der Waals surface area contributed by atoms with Gasteiger partial charge in [-0.2, -0.15) is 5.26 Å². The number of nitriles is 1. The molecule has 0 bridgehead atoms. The van der Waals surface area contributed by atoms with Gasteiger partial charge in [-0.15, -0.1) is 0 Å². The van der Waals surface area contributed by atoms with Crippen molar-refractivity contribution < 1.29 is 18.7 Å². The fourth-order valence-electron chi connectivity index (χ4n) is 5.10. The Morgan fingerprint density at radius 3 is 2.73 bits per heavy atom. The van der Waals surface area contributed by atoms with E-state index in [0.717, 1.165) is 17.5 Å². The molecule has 2 aromatic carbocycles. The van der Waals surface area contributed by atoms with Crippen LogP contribution < -0.4 is 20.5 Å². The summed E-state index contributed by atoms with van der Waals surface area (Å²) in [6.45, 7) is 1.66. The number of fused-ring (bicyclic) bond motifs is 6. The number of benzene rings is 2. The van der Waals surface area contributed by atoms with Gasteiger partial charge in [0.05, 0.1) is 24.5 Å². The van der Waals surface area contributed by atoms with Crippen molar-refractivity contribution in [2.45, 2.75) is 18.3 Å². The molecule has 6 rings (SSSR count). The predicted octanol–water partition coefficient (Wildman–Crippen LogP) is 3.55. The first kappa shape index (κ1) is 20.1. The third-order valence-corrected chi connectivity index (χ3v) is 7.25. The van der Waals surface area contributed by atoms with Crippen molar-refractivity contribution in [3.63, 3.8) is 0 Å². The zero-order valence-corrected chi connectivity index (χ0v) is 19.0. The Bertz CT molecular complexity index is 1360. The SMILES string of the molecule is N#CC1=C(N)N2CCc3cc4c(cc3C2=C[C@@]12C(=O)Nc1c(Br)cc(F)cc12)OCCCO4. The maximum absolute atomic E-state index is 14.5. The van der Waals surface area contributed by atoms with E-state index in [1.807, 2.05) is 17.0 Å². The Morgan fingerprint density at radius 1 is 1.21 bits per heavy atom. The van der Waals surface area contributed by atoms with Crippen LogP contribution in [0, 0.1) is 17.1 Å². The van der Waals surface area contributed by atoms with E-state index in [-0.39, 0.29) is 11.4 Å². The molecular formula is C24H18BrFN4O3. The zero-order valence-electron chi connectivity index (χ0n) is 17.4. The molecule has 4 aliphatic heterocycles. The van der Waals surface area contributed by atoms with Crippen molar-refractivity contribution in [1.82, 2.24) is 4.90 Å². The van der Waals surface area contributed by atoms with Crippen molar-refractivity contribution in [3.05, 3.63) is 68.7 Å². The van der Waals surface area contributed by atoms with Gasteiger partial charge in [-0.05, 0) is 58.3 Å². The molecule has 3 N–H and O–H groups in total. The number of carbonyl (C=O) groups is 1. The number of nitrogens with two attached hydrogens (primary N) is 1. The van der Waals surface area contributed by atoms with Crippen LogP contribution in [0.1, 0.15) is 23.1 Å². The molecule has 166 valence electrons. The fraction of sp³-hybridized carbons (Fsp3) is 0.250. The monoisotopic (exact) mass is 508 g/mol. The summed E-state index contributed by atoms with van der Waals surface area (Å²) in [6.07, 6.45) is 3.20. The van der Waals surface area contributed by atoms with Gasteiger partial charge in [0.2, 0.25) is 5.91 Å². The molecule has 33 heavy (non-hydrogen) atoms. The lowest BCUT2D eigenvalue weighted by Gasteiger charge is -2.41. The quantitative estimate of drug-likeness (QED) is 0.564. The van der Waals surface area contributed by atoms with E-state index < -0.39 is 17.1 Å². The molecule has 0 saturated heterocycles. The normalized spacial score (nSPS) is 22.6. The van der Waals surface area contributed by atoms with Gasteiger partial charge >= 0.3 is 0 Å². The van der Waals surface area contributed by atoms with Gasteiger partial charge in [-0.25, -0.2) is 4.39 Å². The second-order valence-electron chi connectivity index (χ2n) is 8.38. The summed E-state index contributed by atoms with van der Waals surface area (Å²) >= 11 is 3.33. The lowest BCUT2D eigenvalue weighted by molar-refractivity contribution is -0.118. The van der Waals surface area contributed by atoms with Crippen LogP contribution in [0.15, 0.2) is 46.2 Å². The number of carbonyl (C=O) groups excluding carboxylic acids is 1. The number of rotatable bonds is 0. The minimum absolute atomic E-state index is 0.0813. The number of amides is 1. The first-order chi connectivity index (χ1) is 15.9. The first-order valence-electron chi connectivity index (χ1n) is 10.6. The smallest absolute Gasteiger partial charge is 0.244 e.